The molecule has 30 heavy (non-hydrogen) atoms. The number of esters is 1. The molecule has 0 aliphatic carbocycles. The summed E-state index contributed by atoms with van der Waals surface area (Å²) in [4.78, 5) is 24.3. The lowest BCUT2D eigenvalue weighted by Gasteiger charge is -2.10. The molecule has 2 rings (SSSR count). The number of methoxy groups -OCH3 is 1. The Kier molecular flexibility index (Phi) is 7.91. The minimum Gasteiger partial charge on any atom is -0.493 e. The van der Waals surface area contributed by atoms with Crippen LogP contribution in [0.3, 0.4) is 0 Å². The SMILES string of the molecule is C=CCn1c(C)cc(C(=O)COC(=O)/C=C/c2ccc(OC(F)F)c(OC)c2)c1C. The quantitative estimate of drug-likeness (QED) is 0.248. The highest BCUT2D eigenvalue weighted by atomic mass is 19.3. The molecule has 0 bridgehead atoms. The fraction of sp³-hybridized carbons (Fsp3) is 0.273. The molecule has 1 aromatic heterocycles. The van der Waals surface area contributed by atoms with Crippen molar-refractivity contribution in [1.29, 1.82) is 0 Å². The minimum atomic E-state index is -2.98. The Morgan fingerprint density at radius 1 is 1.20 bits per heavy atom. The molecule has 1 heterocycles. The molecule has 0 aliphatic rings. The van der Waals surface area contributed by atoms with E-state index in [-0.39, 0.29) is 17.3 Å². The lowest BCUT2D eigenvalue weighted by molar-refractivity contribution is -0.136. The van der Waals surface area contributed by atoms with Gasteiger partial charge < -0.3 is 18.8 Å². The zero-order valence-corrected chi connectivity index (χ0v) is 17.0. The van der Waals surface area contributed by atoms with Crippen LogP contribution in [0, 0.1) is 13.8 Å². The summed E-state index contributed by atoms with van der Waals surface area (Å²) in [5.74, 6) is -1.05. The first kappa shape index (κ1) is 22.9. The van der Waals surface area contributed by atoms with E-state index in [9.17, 15) is 18.4 Å². The second kappa shape index (κ2) is 10.4. The number of benzene rings is 1. The van der Waals surface area contributed by atoms with Crippen molar-refractivity contribution in [3.8, 4) is 11.5 Å². The molecule has 0 N–H and O–H groups in total. The van der Waals surface area contributed by atoms with Gasteiger partial charge in [-0.3, -0.25) is 4.79 Å². The van der Waals surface area contributed by atoms with Crippen LogP contribution in [-0.2, 0) is 16.1 Å². The summed E-state index contributed by atoms with van der Waals surface area (Å²) in [6, 6.07) is 5.96. The second-order valence-electron chi connectivity index (χ2n) is 6.34. The van der Waals surface area contributed by atoms with E-state index in [0.717, 1.165) is 17.5 Å². The van der Waals surface area contributed by atoms with Crippen molar-refractivity contribution in [3.05, 3.63) is 65.5 Å². The molecule has 160 valence electrons. The van der Waals surface area contributed by atoms with E-state index in [4.69, 9.17) is 9.47 Å². The highest BCUT2D eigenvalue weighted by molar-refractivity contribution is 6.00. The van der Waals surface area contributed by atoms with Crippen LogP contribution in [0.15, 0.2) is 43.0 Å². The van der Waals surface area contributed by atoms with Crippen molar-refractivity contribution in [2.75, 3.05) is 13.7 Å². The topological polar surface area (TPSA) is 66.8 Å². The molecule has 1 aromatic carbocycles. The lowest BCUT2D eigenvalue weighted by atomic mass is 10.1. The number of ketones is 1. The summed E-state index contributed by atoms with van der Waals surface area (Å²) in [6.07, 6.45) is 4.29. The first-order chi connectivity index (χ1) is 14.3. The minimum absolute atomic E-state index is 0.0934. The number of allylic oxidation sites excluding steroid dienone is 1. The predicted octanol–water partition coefficient (Wildman–Crippen LogP) is 4.34. The third-order valence-corrected chi connectivity index (χ3v) is 4.35. The van der Waals surface area contributed by atoms with Gasteiger partial charge in [0.25, 0.3) is 0 Å². The summed E-state index contributed by atoms with van der Waals surface area (Å²) in [5, 5.41) is 0. The largest absolute Gasteiger partial charge is 0.493 e. The predicted molar refractivity (Wildman–Crippen MR) is 108 cm³/mol. The van der Waals surface area contributed by atoms with Crippen molar-refractivity contribution in [2.24, 2.45) is 0 Å². The number of carbonyl (C=O) groups excluding carboxylic acids is 2. The number of halogens is 2. The number of alkyl halides is 2. The molecule has 0 aliphatic heterocycles. The third kappa shape index (κ3) is 5.79. The van der Waals surface area contributed by atoms with Gasteiger partial charge in [-0.25, -0.2) is 4.79 Å². The number of hydrogen-bond acceptors (Lipinski definition) is 5. The summed E-state index contributed by atoms with van der Waals surface area (Å²) < 4.78 is 41.0. The summed E-state index contributed by atoms with van der Waals surface area (Å²) in [6.45, 7) is 4.60. The Balaban J connectivity index is 1.99. The van der Waals surface area contributed by atoms with E-state index in [1.807, 2.05) is 18.4 Å². The summed E-state index contributed by atoms with van der Waals surface area (Å²) >= 11 is 0. The normalized spacial score (nSPS) is 11.0. The van der Waals surface area contributed by atoms with E-state index in [0.29, 0.717) is 17.7 Å². The van der Waals surface area contributed by atoms with E-state index in [1.54, 1.807) is 12.1 Å². The number of rotatable bonds is 10. The molecule has 0 saturated carbocycles. The third-order valence-electron chi connectivity index (χ3n) is 4.35. The molecular weight excluding hydrogens is 396 g/mol. The molecular formula is C22H23F2NO5. The maximum absolute atomic E-state index is 12.4. The molecule has 0 spiro atoms. The number of nitrogens with zero attached hydrogens (tertiary/aromatic N) is 1. The van der Waals surface area contributed by atoms with Gasteiger partial charge in [0, 0.05) is 29.6 Å². The monoisotopic (exact) mass is 419 g/mol. The van der Waals surface area contributed by atoms with Gasteiger partial charge in [-0.15, -0.1) is 6.58 Å². The van der Waals surface area contributed by atoms with Crippen LogP contribution in [0.5, 0.6) is 11.5 Å². The summed E-state index contributed by atoms with van der Waals surface area (Å²) in [5.41, 5.74) is 2.69. The van der Waals surface area contributed by atoms with Crippen molar-refractivity contribution in [3.63, 3.8) is 0 Å². The van der Waals surface area contributed by atoms with Crippen LogP contribution in [-0.4, -0.2) is 36.6 Å². The van der Waals surface area contributed by atoms with Crippen LogP contribution in [0.1, 0.15) is 27.3 Å². The van der Waals surface area contributed by atoms with Gasteiger partial charge in [0.2, 0.25) is 5.78 Å². The molecule has 0 radical (unpaired) electrons. The number of hydrogen-bond donors (Lipinski definition) is 0. The molecule has 0 amide bonds. The first-order valence-electron chi connectivity index (χ1n) is 9.05. The fourth-order valence-corrected chi connectivity index (χ4v) is 2.90. The number of ether oxygens (including phenoxy) is 3. The average molecular weight is 419 g/mol. The Hall–Kier alpha value is -3.42. The highest BCUT2D eigenvalue weighted by Gasteiger charge is 2.16. The molecule has 8 heteroatoms. The lowest BCUT2D eigenvalue weighted by Crippen LogP contribution is -2.13. The maximum atomic E-state index is 12.4. The van der Waals surface area contributed by atoms with Gasteiger partial charge in [-0.2, -0.15) is 8.78 Å². The van der Waals surface area contributed by atoms with Gasteiger partial charge in [-0.05, 0) is 43.7 Å². The highest BCUT2D eigenvalue weighted by Crippen LogP contribution is 2.29. The maximum Gasteiger partial charge on any atom is 0.387 e. The Bertz CT molecular complexity index is 963. The first-order valence-corrected chi connectivity index (χ1v) is 9.05. The van der Waals surface area contributed by atoms with Crippen molar-refractivity contribution in [1.82, 2.24) is 4.57 Å². The Morgan fingerprint density at radius 3 is 2.57 bits per heavy atom. The standard InChI is InChI=1S/C22H23F2NO5/c1-5-10-25-14(2)11-17(15(25)3)18(26)13-29-21(27)9-7-16-6-8-19(30-22(23)24)20(12-16)28-4/h5-9,11-12,22H,1,10,13H2,2-4H3/b9-7+. The summed E-state index contributed by atoms with van der Waals surface area (Å²) in [7, 11) is 1.31. The van der Waals surface area contributed by atoms with E-state index < -0.39 is 19.2 Å². The van der Waals surface area contributed by atoms with Crippen LogP contribution in [0.25, 0.3) is 6.08 Å². The number of Topliss-reactive ketones (excluding diaryl/α,β-unsaturated/α-hetero) is 1. The Labute approximate surface area is 173 Å². The zero-order valence-electron chi connectivity index (χ0n) is 17.0. The van der Waals surface area contributed by atoms with Crippen LogP contribution in [0.4, 0.5) is 8.78 Å². The van der Waals surface area contributed by atoms with Gasteiger partial charge in [0.15, 0.2) is 18.1 Å². The number of carbonyl (C=O) groups is 2. The second-order valence-corrected chi connectivity index (χ2v) is 6.34. The van der Waals surface area contributed by atoms with Crippen LogP contribution in [0.2, 0.25) is 0 Å². The van der Waals surface area contributed by atoms with Gasteiger partial charge in [-0.1, -0.05) is 12.1 Å². The number of aryl methyl sites for hydroxylation is 1. The van der Waals surface area contributed by atoms with Crippen molar-refractivity contribution >= 4 is 17.8 Å². The number of aromatic nitrogens is 1. The van der Waals surface area contributed by atoms with Crippen molar-refractivity contribution in [2.45, 2.75) is 27.0 Å². The molecule has 6 nitrogen and oxygen atoms in total. The van der Waals surface area contributed by atoms with Gasteiger partial charge in [0.05, 0.1) is 7.11 Å². The van der Waals surface area contributed by atoms with E-state index >= 15 is 0 Å². The average Bonchev–Trinajstić information content (AvgIpc) is 2.99. The van der Waals surface area contributed by atoms with Gasteiger partial charge >= 0.3 is 12.6 Å². The van der Waals surface area contributed by atoms with E-state index in [1.165, 1.54) is 31.4 Å². The molecule has 0 unspecified atom stereocenters. The molecule has 2 aromatic rings. The smallest absolute Gasteiger partial charge is 0.387 e. The Morgan fingerprint density at radius 2 is 1.93 bits per heavy atom. The molecule has 0 saturated heterocycles. The molecule has 0 atom stereocenters. The molecule has 0 fully saturated rings. The van der Waals surface area contributed by atoms with Gasteiger partial charge in [0.1, 0.15) is 0 Å². The van der Waals surface area contributed by atoms with Crippen LogP contribution >= 0.6 is 0 Å². The fourth-order valence-electron chi connectivity index (χ4n) is 2.90. The van der Waals surface area contributed by atoms with E-state index in [2.05, 4.69) is 11.3 Å². The van der Waals surface area contributed by atoms with Crippen LogP contribution < -0.4 is 9.47 Å². The zero-order chi connectivity index (χ0) is 22.3. The van der Waals surface area contributed by atoms with Crippen molar-refractivity contribution < 1.29 is 32.6 Å².